The van der Waals surface area contributed by atoms with Crippen LogP contribution in [-0.4, -0.2) is 32.4 Å². The molecule has 0 aliphatic carbocycles. The normalized spacial score (nSPS) is 15.5. The van der Waals surface area contributed by atoms with Crippen LogP contribution < -0.4 is 0 Å². The molecule has 0 amide bonds. The first-order chi connectivity index (χ1) is 14.4. The zero-order valence-electron chi connectivity index (χ0n) is 18.9. The molecule has 7 heteroatoms. The zero-order chi connectivity index (χ0) is 23.6. The van der Waals surface area contributed by atoms with E-state index in [9.17, 15) is 19.5 Å². The molecule has 1 aromatic rings. The maximum atomic E-state index is 12.1. The van der Waals surface area contributed by atoms with E-state index in [-0.39, 0.29) is 24.4 Å². The topological polar surface area (TPSA) is 84.3 Å². The van der Waals surface area contributed by atoms with Gasteiger partial charge in [0.1, 0.15) is 5.78 Å². The highest BCUT2D eigenvalue weighted by atomic mass is 32.1. The van der Waals surface area contributed by atoms with E-state index < -0.39 is 16.6 Å². The van der Waals surface area contributed by atoms with E-state index in [1.54, 1.807) is 30.4 Å². The molecule has 2 atom stereocenters. The van der Waals surface area contributed by atoms with Gasteiger partial charge in [-0.05, 0) is 38.8 Å². The molecule has 170 valence electrons. The Kier molecular flexibility index (Phi) is 11.1. The van der Waals surface area contributed by atoms with Crippen LogP contribution in [0.2, 0.25) is 0 Å². The van der Waals surface area contributed by atoms with Crippen molar-refractivity contribution in [2.24, 2.45) is 5.92 Å². The van der Waals surface area contributed by atoms with Crippen molar-refractivity contribution in [3.05, 3.63) is 46.0 Å². The summed E-state index contributed by atoms with van der Waals surface area (Å²) in [7, 11) is 0. The average Bonchev–Trinajstić information content (AvgIpc) is 3.16. The van der Waals surface area contributed by atoms with Gasteiger partial charge in [0.2, 0.25) is 0 Å². The first-order valence-electron chi connectivity index (χ1n) is 10.4. The second-order valence-corrected chi connectivity index (χ2v) is 10.0. The Morgan fingerprint density at radius 3 is 2.45 bits per heavy atom. The van der Waals surface area contributed by atoms with Crippen LogP contribution in [0.25, 0.3) is 6.08 Å². The monoisotopic (exact) mass is 463 g/mol. The van der Waals surface area contributed by atoms with Crippen LogP contribution in [0.3, 0.4) is 0 Å². The maximum absolute atomic E-state index is 12.1. The predicted molar refractivity (Wildman–Crippen MR) is 131 cm³/mol. The van der Waals surface area contributed by atoms with Crippen molar-refractivity contribution in [3.8, 4) is 0 Å². The molecule has 5 nitrogen and oxygen atoms in total. The number of carboxylic acid groups (broad SMARTS) is 1. The van der Waals surface area contributed by atoms with E-state index in [1.165, 1.54) is 13.0 Å². The van der Waals surface area contributed by atoms with Crippen LogP contribution in [0.15, 0.2) is 35.3 Å². The summed E-state index contributed by atoms with van der Waals surface area (Å²) >= 11 is 6.18. The number of hydrogen-bond acceptors (Lipinski definition) is 6. The van der Waals surface area contributed by atoms with Gasteiger partial charge in [-0.2, -0.15) is 12.6 Å². The van der Waals surface area contributed by atoms with Crippen molar-refractivity contribution in [2.45, 2.75) is 71.0 Å². The smallest absolute Gasteiger partial charge is 0.307 e. The van der Waals surface area contributed by atoms with Gasteiger partial charge in [-0.3, -0.25) is 14.4 Å². The quantitative estimate of drug-likeness (QED) is 0.165. The van der Waals surface area contributed by atoms with Gasteiger partial charge in [0, 0.05) is 28.9 Å². The second kappa shape index (κ2) is 12.8. The van der Waals surface area contributed by atoms with Crippen molar-refractivity contribution >= 4 is 47.6 Å². The molecule has 0 radical (unpaired) electrons. The third-order valence-electron chi connectivity index (χ3n) is 5.03. The summed E-state index contributed by atoms with van der Waals surface area (Å²) in [6.07, 6.45) is 10.2. The molecule has 0 spiro atoms. The molecule has 0 saturated carbocycles. The lowest BCUT2D eigenvalue weighted by atomic mass is 9.83. The molecule has 0 aliphatic heterocycles. The molecule has 0 bridgehead atoms. The summed E-state index contributed by atoms with van der Waals surface area (Å²) in [5, 5.41) is 12.4. The molecule has 0 fully saturated rings. The fourth-order valence-electron chi connectivity index (χ4n) is 2.94. The Labute approximate surface area is 194 Å². The lowest BCUT2D eigenvalue weighted by Crippen LogP contribution is -2.37. The SMILES string of the molecule is CC(=O)C[C@](S)(CC/C(C)=C/CC(=O)/C=C/C=C\c1csc(C(C)C)n1)C(C)C(=O)O. The van der Waals surface area contributed by atoms with Crippen LogP contribution in [0, 0.1) is 5.92 Å². The van der Waals surface area contributed by atoms with Crippen molar-refractivity contribution in [1.82, 2.24) is 4.98 Å². The number of Topliss-reactive ketones (excluding diaryl/α,β-unsaturated/α-hetero) is 1. The summed E-state index contributed by atoms with van der Waals surface area (Å²) in [6.45, 7) is 9.13. The average molecular weight is 464 g/mol. The molecule has 0 aliphatic rings. The molecule has 0 saturated heterocycles. The molecule has 1 unspecified atom stereocenters. The molecular weight excluding hydrogens is 430 g/mol. The van der Waals surface area contributed by atoms with Gasteiger partial charge in [-0.1, -0.05) is 44.6 Å². The highest BCUT2D eigenvalue weighted by molar-refractivity contribution is 7.81. The van der Waals surface area contributed by atoms with Crippen molar-refractivity contribution in [1.29, 1.82) is 0 Å². The van der Waals surface area contributed by atoms with E-state index in [2.05, 4.69) is 31.5 Å². The van der Waals surface area contributed by atoms with Crippen LogP contribution in [0.5, 0.6) is 0 Å². The van der Waals surface area contributed by atoms with E-state index in [0.717, 1.165) is 16.3 Å². The number of rotatable bonds is 13. The number of ketones is 2. The molecule has 1 rings (SSSR count). The number of thiol groups is 1. The summed E-state index contributed by atoms with van der Waals surface area (Å²) in [4.78, 5) is 39.6. The standard InChI is InChI=1S/C24H33NO4S2/c1-16(2)22-25-20(15-31-22)8-6-7-9-21(27)11-10-17(3)12-13-24(30,14-18(4)26)19(5)23(28)29/h6-10,15-16,19,30H,11-14H2,1-5H3,(H,28,29)/b8-6-,9-7+,17-10+/t19?,24-/m1/s1. The van der Waals surface area contributed by atoms with Gasteiger partial charge in [-0.25, -0.2) is 4.98 Å². The predicted octanol–water partition coefficient (Wildman–Crippen LogP) is 5.89. The van der Waals surface area contributed by atoms with Crippen molar-refractivity contribution < 1.29 is 19.5 Å². The minimum atomic E-state index is -0.968. The molecule has 31 heavy (non-hydrogen) atoms. The number of carboxylic acids is 1. The van der Waals surface area contributed by atoms with E-state index >= 15 is 0 Å². The Balaban J connectivity index is 2.58. The van der Waals surface area contributed by atoms with Gasteiger partial charge in [0.05, 0.1) is 16.6 Å². The van der Waals surface area contributed by atoms with Crippen molar-refractivity contribution in [2.75, 3.05) is 0 Å². The van der Waals surface area contributed by atoms with Crippen LogP contribution in [-0.2, 0) is 14.4 Å². The van der Waals surface area contributed by atoms with Gasteiger partial charge in [-0.15, -0.1) is 11.3 Å². The summed E-state index contributed by atoms with van der Waals surface area (Å²) < 4.78 is -0.910. The maximum Gasteiger partial charge on any atom is 0.307 e. The summed E-state index contributed by atoms with van der Waals surface area (Å²) in [5.41, 5.74) is 1.86. The summed E-state index contributed by atoms with van der Waals surface area (Å²) in [6, 6.07) is 0. The van der Waals surface area contributed by atoms with Gasteiger partial charge in [0.25, 0.3) is 0 Å². The number of aromatic nitrogens is 1. The van der Waals surface area contributed by atoms with Gasteiger partial charge in [0.15, 0.2) is 5.78 Å². The number of thiazole rings is 1. The molecular formula is C24H33NO4S2. The minimum absolute atomic E-state index is 0.0232. The van der Waals surface area contributed by atoms with Gasteiger partial charge < -0.3 is 5.11 Å². The Morgan fingerprint density at radius 2 is 1.90 bits per heavy atom. The third kappa shape index (κ3) is 9.78. The van der Waals surface area contributed by atoms with Crippen molar-refractivity contribution in [3.63, 3.8) is 0 Å². The van der Waals surface area contributed by atoms with E-state index in [4.69, 9.17) is 0 Å². The minimum Gasteiger partial charge on any atom is -0.481 e. The number of allylic oxidation sites excluding steroid dienone is 5. The number of carbonyl (C=O) groups is 3. The fraction of sp³-hybridized carbons (Fsp3) is 0.500. The lowest BCUT2D eigenvalue weighted by Gasteiger charge is -2.31. The van der Waals surface area contributed by atoms with Crippen LogP contribution >= 0.6 is 24.0 Å². The third-order valence-corrected chi connectivity index (χ3v) is 6.96. The second-order valence-electron chi connectivity index (χ2n) is 8.25. The van der Waals surface area contributed by atoms with E-state index in [1.807, 2.05) is 24.5 Å². The van der Waals surface area contributed by atoms with Gasteiger partial charge >= 0.3 is 5.97 Å². The first kappa shape index (κ1) is 27.0. The van der Waals surface area contributed by atoms with Crippen LogP contribution in [0.4, 0.5) is 0 Å². The highest BCUT2D eigenvalue weighted by Gasteiger charge is 2.37. The zero-order valence-corrected chi connectivity index (χ0v) is 20.6. The molecule has 1 heterocycles. The number of aliphatic carboxylic acids is 1. The van der Waals surface area contributed by atoms with Crippen LogP contribution in [0.1, 0.15) is 76.9 Å². The Bertz CT molecular complexity index is 867. The highest BCUT2D eigenvalue weighted by Crippen LogP contribution is 2.35. The number of carbonyl (C=O) groups excluding carboxylic acids is 2. The molecule has 0 aromatic carbocycles. The van der Waals surface area contributed by atoms with E-state index in [0.29, 0.717) is 18.8 Å². The number of hydrogen-bond donors (Lipinski definition) is 2. The largest absolute Gasteiger partial charge is 0.481 e. The first-order valence-corrected chi connectivity index (χ1v) is 11.7. The molecule has 1 aromatic heterocycles. The summed E-state index contributed by atoms with van der Waals surface area (Å²) in [5.74, 6) is -1.43. The molecule has 1 N–H and O–H groups in total. The Morgan fingerprint density at radius 1 is 1.23 bits per heavy atom. The lowest BCUT2D eigenvalue weighted by molar-refractivity contribution is -0.142. The number of nitrogens with zero attached hydrogens (tertiary/aromatic N) is 1. The fourth-order valence-corrected chi connectivity index (χ4v) is 4.18. The Hall–Kier alpha value is -1.99.